The summed E-state index contributed by atoms with van der Waals surface area (Å²) in [5.74, 6) is 2.51. The topological polar surface area (TPSA) is 86.2 Å². The van der Waals surface area contributed by atoms with Gasteiger partial charge in [0.2, 0.25) is 0 Å². The summed E-state index contributed by atoms with van der Waals surface area (Å²) in [6, 6.07) is 7.84. The monoisotopic (exact) mass is 248 g/mol. The number of carbonyl (C=O) groups is 1. The molecule has 0 saturated carbocycles. The van der Waals surface area contributed by atoms with Gasteiger partial charge in [0.1, 0.15) is 0 Å². The van der Waals surface area contributed by atoms with Crippen molar-refractivity contribution in [3.05, 3.63) is 45.5 Å². The predicted octanol–water partition coefficient (Wildman–Crippen LogP) is 1.29. The van der Waals surface area contributed by atoms with E-state index in [-0.39, 0.29) is 0 Å². The van der Waals surface area contributed by atoms with Crippen molar-refractivity contribution in [2.45, 2.75) is 12.8 Å². The minimum Gasteiger partial charge on any atom is -0.320 e. The van der Waals surface area contributed by atoms with Gasteiger partial charge in [0.05, 0.1) is 6.54 Å². The highest BCUT2D eigenvalue weighted by atomic mass is 16.6. The van der Waals surface area contributed by atoms with Crippen molar-refractivity contribution >= 4 is 5.78 Å². The van der Waals surface area contributed by atoms with Gasteiger partial charge in [-0.1, -0.05) is 30.2 Å². The van der Waals surface area contributed by atoms with Crippen molar-refractivity contribution in [2.75, 3.05) is 13.6 Å². The minimum absolute atomic E-state index is 0.301. The third-order valence-electron chi connectivity index (χ3n) is 2.06. The third-order valence-corrected chi connectivity index (χ3v) is 2.06. The van der Waals surface area contributed by atoms with Crippen molar-refractivity contribution in [3.8, 4) is 12.3 Å². The van der Waals surface area contributed by atoms with Gasteiger partial charge in [-0.05, 0) is 12.0 Å². The number of nitrogens with zero attached hydrogens (tertiary/aromatic N) is 1. The molecule has 0 aromatic heterocycles. The van der Waals surface area contributed by atoms with E-state index in [9.17, 15) is 4.79 Å². The molecule has 0 saturated heterocycles. The number of benzene rings is 1. The van der Waals surface area contributed by atoms with E-state index in [4.69, 9.17) is 15.8 Å². The Bertz CT molecular complexity index is 446. The smallest absolute Gasteiger partial charge is 0.194 e. The summed E-state index contributed by atoms with van der Waals surface area (Å²) in [6.07, 6.45) is 6.30. The number of hydrogen-bond donors (Lipinski definition) is 1. The molecule has 0 amide bonds. The summed E-state index contributed by atoms with van der Waals surface area (Å²) < 4.78 is 0. The van der Waals surface area contributed by atoms with Gasteiger partial charge in [-0.3, -0.25) is 14.9 Å². The van der Waals surface area contributed by atoms with E-state index in [1.165, 1.54) is 5.56 Å². The molecule has 1 aromatic rings. The lowest BCUT2D eigenvalue weighted by Gasteiger charge is -1.92. The van der Waals surface area contributed by atoms with Crippen molar-refractivity contribution in [3.63, 3.8) is 0 Å². The first-order valence-electron chi connectivity index (χ1n) is 5.35. The van der Waals surface area contributed by atoms with E-state index < -0.39 is 4.92 Å². The number of aryl methyl sites for hydroxylation is 1. The zero-order valence-corrected chi connectivity index (χ0v) is 10.3. The Morgan fingerprint density at radius 2 is 1.94 bits per heavy atom. The number of nitro groups is 1. The Hall–Kier alpha value is -2.19. The highest BCUT2D eigenvalue weighted by molar-refractivity contribution is 6.00. The Labute approximate surface area is 106 Å². The maximum Gasteiger partial charge on any atom is 0.194 e. The number of terminal acetylenes is 1. The lowest BCUT2D eigenvalue weighted by Crippen LogP contribution is -1.91. The van der Waals surface area contributed by atoms with E-state index in [0.29, 0.717) is 18.7 Å². The van der Waals surface area contributed by atoms with Crippen LogP contribution in [0.25, 0.3) is 0 Å². The Morgan fingerprint density at radius 3 is 2.39 bits per heavy atom. The number of rotatable bonds is 0. The van der Waals surface area contributed by atoms with Crippen LogP contribution in [0.1, 0.15) is 22.3 Å². The summed E-state index contributed by atoms with van der Waals surface area (Å²) >= 11 is 0. The summed E-state index contributed by atoms with van der Waals surface area (Å²) in [6.45, 7) is 0.347. The maximum absolute atomic E-state index is 11.1. The van der Waals surface area contributed by atoms with Gasteiger partial charge in [-0.2, -0.15) is 0 Å². The molecule has 2 rings (SSSR count). The predicted molar refractivity (Wildman–Crippen MR) is 69.9 cm³/mol. The molecule has 5 heteroatoms. The molecule has 0 fully saturated rings. The lowest BCUT2D eigenvalue weighted by molar-refractivity contribution is -0.445. The largest absolute Gasteiger partial charge is 0.320 e. The highest BCUT2D eigenvalue weighted by Gasteiger charge is 2.17. The molecule has 0 spiro atoms. The summed E-state index contributed by atoms with van der Waals surface area (Å²) in [7, 11) is 0.889. The van der Waals surface area contributed by atoms with Gasteiger partial charge in [0.25, 0.3) is 0 Å². The van der Waals surface area contributed by atoms with Gasteiger partial charge < -0.3 is 5.73 Å². The second kappa shape index (κ2) is 8.90. The van der Waals surface area contributed by atoms with Gasteiger partial charge in [0, 0.05) is 16.9 Å². The molecule has 0 heterocycles. The van der Waals surface area contributed by atoms with Crippen LogP contribution in [0, 0.1) is 22.5 Å². The van der Waals surface area contributed by atoms with Crippen LogP contribution in [0.2, 0.25) is 0 Å². The van der Waals surface area contributed by atoms with Crippen LogP contribution in [-0.2, 0) is 6.42 Å². The number of carbonyl (C=O) groups excluding carboxylic acids is 1. The lowest BCUT2D eigenvalue weighted by atomic mass is 10.1. The number of hydrogen-bond acceptors (Lipinski definition) is 4. The van der Waals surface area contributed by atoms with Crippen molar-refractivity contribution < 1.29 is 9.72 Å². The average Bonchev–Trinajstić information content (AvgIpc) is 2.72. The molecular formula is C13H16N2O3. The molecule has 1 aliphatic rings. The minimum atomic E-state index is -0.500. The Morgan fingerprint density at radius 1 is 1.44 bits per heavy atom. The first kappa shape index (κ1) is 15.8. The highest BCUT2D eigenvalue weighted by Crippen LogP contribution is 2.20. The Balaban J connectivity index is 0.000000307. The van der Waals surface area contributed by atoms with E-state index in [1.54, 1.807) is 0 Å². The molecule has 1 aromatic carbocycles. The van der Waals surface area contributed by atoms with Crippen molar-refractivity contribution in [2.24, 2.45) is 5.73 Å². The molecule has 0 aliphatic heterocycles. The second-order valence-electron chi connectivity index (χ2n) is 3.43. The molecule has 0 bridgehead atoms. The van der Waals surface area contributed by atoms with Crippen molar-refractivity contribution in [1.82, 2.24) is 0 Å². The van der Waals surface area contributed by atoms with Crippen LogP contribution in [0.15, 0.2) is 24.3 Å². The molecule has 0 radical (unpaired) electrons. The number of ketones is 1. The summed E-state index contributed by atoms with van der Waals surface area (Å²) in [5.41, 5.74) is 6.94. The molecule has 96 valence electrons. The Kier molecular flexibility index (Phi) is 7.82. The van der Waals surface area contributed by atoms with E-state index in [0.717, 1.165) is 19.0 Å². The number of Topliss-reactive ketones (excluding diaryl/α,β-unsaturated/α-hetero) is 1. The van der Waals surface area contributed by atoms with Crippen LogP contribution in [0.3, 0.4) is 0 Å². The van der Waals surface area contributed by atoms with E-state index in [2.05, 4.69) is 12.3 Å². The summed E-state index contributed by atoms with van der Waals surface area (Å²) in [5, 5.41) is 8.81. The van der Waals surface area contributed by atoms with E-state index >= 15 is 0 Å². The van der Waals surface area contributed by atoms with E-state index in [1.807, 2.05) is 24.3 Å². The molecule has 2 N–H and O–H groups in total. The molecule has 5 nitrogen and oxygen atoms in total. The zero-order valence-electron chi connectivity index (χ0n) is 10.3. The van der Waals surface area contributed by atoms with Gasteiger partial charge in [-0.25, -0.2) is 0 Å². The molecule has 1 aliphatic carbocycles. The van der Waals surface area contributed by atoms with Gasteiger partial charge in [-0.15, -0.1) is 6.42 Å². The SMILES string of the molecule is C#CCN.C[N+](=O)[O-].O=C1CCc2ccccc21. The zero-order chi connectivity index (χ0) is 14.0. The first-order chi connectivity index (χ1) is 8.52. The molecule has 0 atom stereocenters. The number of nitrogens with two attached hydrogens (primary N) is 1. The fourth-order valence-electron chi connectivity index (χ4n) is 1.39. The number of fused-ring (bicyclic) bond motifs is 1. The standard InChI is InChI=1S/C9H8O.C3H5N.CH3NO2/c10-9-6-5-7-3-1-2-4-8(7)9;1-2-3-4;1-2(3)4/h1-4H,5-6H2;1H,3-4H2;1H3. The molecule has 0 unspecified atom stereocenters. The molecule has 18 heavy (non-hydrogen) atoms. The fourth-order valence-corrected chi connectivity index (χ4v) is 1.39. The third kappa shape index (κ3) is 6.40. The van der Waals surface area contributed by atoms with Crippen LogP contribution in [-0.4, -0.2) is 24.3 Å². The maximum atomic E-state index is 11.1. The fraction of sp³-hybridized carbons (Fsp3) is 0.308. The second-order valence-corrected chi connectivity index (χ2v) is 3.43. The van der Waals surface area contributed by atoms with Crippen LogP contribution >= 0.6 is 0 Å². The molecular weight excluding hydrogens is 232 g/mol. The summed E-state index contributed by atoms with van der Waals surface area (Å²) in [4.78, 5) is 19.4. The van der Waals surface area contributed by atoms with Crippen LogP contribution in [0.4, 0.5) is 0 Å². The van der Waals surface area contributed by atoms with Crippen LogP contribution in [0.5, 0.6) is 0 Å². The van der Waals surface area contributed by atoms with Crippen molar-refractivity contribution in [1.29, 1.82) is 0 Å². The van der Waals surface area contributed by atoms with Gasteiger partial charge >= 0.3 is 0 Å². The quantitative estimate of drug-likeness (QED) is 0.426. The normalized spacial score (nSPS) is 11.1. The van der Waals surface area contributed by atoms with Gasteiger partial charge in [0.15, 0.2) is 12.8 Å². The van der Waals surface area contributed by atoms with Crippen LogP contribution < -0.4 is 5.73 Å². The average molecular weight is 248 g/mol. The first-order valence-corrected chi connectivity index (χ1v) is 5.35.